The Morgan fingerprint density at radius 1 is 1.22 bits per heavy atom. The van der Waals surface area contributed by atoms with Crippen LogP contribution in [-0.4, -0.2) is 18.0 Å². The van der Waals surface area contributed by atoms with Crippen molar-refractivity contribution in [3.8, 4) is 0 Å². The monoisotopic (exact) mass is 312 g/mol. The minimum Gasteiger partial charge on any atom is -0.451 e. The Bertz CT molecular complexity index is 722. The smallest absolute Gasteiger partial charge is 0.287 e. The van der Waals surface area contributed by atoms with Crippen molar-refractivity contribution in [2.45, 2.75) is 51.1 Å². The molecule has 2 atom stereocenters. The van der Waals surface area contributed by atoms with Gasteiger partial charge in [0, 0.05) is 23.0 Å². The highest BCUT2D eigenvalue weighted by atomic mass is 16.3. The first kappa shape index (κ1) is 14.8. The van der Waals surface area contributed by atoms with Gasteiger partial charge in [0.05, 0.1) is 0 Å². The van der Waals surface area contributed by atoms with Crippen LogP contribution in [0.3, 0.4) is 0 Å². The highest BCUT2D eigenvalue weighted by molar-refractivity contribution is 5.99. The van der Waals surface area contributed by atoms with Gasteiger partial charge in [0.25, 0.3) is 5.91 Å². The van der Waals surface area contributed by atoms with Crippen molar-refractivity contribution in [3.63, 3.8) is 0 Å². The van der Waals surface area contributed by atoms with Crippen LogP contribution in [0.1, 0.15) is 48.2 Å². The van der Waals surface area contributed by atoms with Gasteiger partial charge in [-0.15, -0.1) is 0 Å². The Morgan fingerprint density at radius 2 is 1.91 bits per heavy atom. The first-order chi connectivity index (χ1) is 11.1. The largest absolute Gasteiger partial charge is 0.451 e. The van der Waals surface area contributed by atoms with Crippen LogP contribution < -0.4 is 11.1 Å². The van der Waals surface area contributed by atoms with Crippen molar-refractivity contribution >= 4 is 16.9 Å². The molecule has 2 aromatic rings. The average Bonchev–Trinajstić information content (AvgIpc) is 2.86. The number of carbonyl (C=O) groups excluding carboxylic acids is 1. The first-order valence-electron chi connectivity index (χ1n) is 8.68. The Hall–Kier alpha value is -1.81. The molecule has 1 heterocycles. The molecular formula is C19H24N2O2. The molecule has 0 radical (unpaired) electrons. The summed E-state index contributed by atoms with van der Waals surface area (Å²) in [7, 11) is 0. The van der Waals surface area contributed by atoms with Crippen molar-refractivity contribution in [2.75, 3.05) is 0 Å². The number of nitrogens with one attached hydrogen (secondary N) is 1. The maximum atomic E-state index is 12.8. The van der Waals surface area contributed by atoms with E-state index in [4.69, 9.17) is 10.2 Å². The molecule has 0 saturated heterocycles. The number of amides is 1. The fourth-order valence-electron chi connectivity index (χ4n) is 4.63. The molecule has 1 aromatic carbocycles. The van der Waals surface area contributed by atoms with E-state index in [2.05, 4.69) is 5.32 Å². The maximum Gasteiger partial charge on any atom is 0.287 e. The number of para-hydroxylation sites is 1. The molecule has 1 amide bonds. The summed E-state index contributed by atoms with van der Waals surface area (Å²) in [6, 6.07) is 8.36. The fraction of sp³-hybridized carbons (Fsp3) is 0.526. The minimum atomic E-state index is -0.0731. The Balaban J connectivity index is 1.58. The molecular weight excluding hydrogens is 288 g/mol. The van der Waals surface area contributed by atoms with Gasteiger partial charge in [-0.2, -0.15) is 0 Å². The van der Waals surface area contributed by atoms with Crippen LogP contribution in [0.2, 0.25) is 0 Å². The van der Waals surface area contributed by atoms with Gasteiger partial charge in [-0.25, -0.2) is 0 Å². The summed E-state index contributed by atoms with van der Waals surface area (Å²) >= 11 is 0. The maximum absolute atomic E-state index is 12.8. The molecule has 2 saturated carbocycles. The van der Waals surface area contributed by atoms with E-state index >= 15 is 0 Å². The summed E-state index contributed by atoms with van der Waals surface area (Å²) in [5, 5.41) is 4.29. The number of fused-ring (bicyclic) bond motifs is 3. The first-order valence-corrected chi connectivity index (χ1v) is 8.68. The Kier molecular flexibility index (Phi) is 3.64. The van der Waals surface area contributed by atoms with E-state index in [9.17, 15) is 4.79 Å². The Labute approximate surface area is 136 Å². The third-order valence-electron chi connectivity index (χ3n) is 5.72. The molecule has 122 valence electrons. The molecule has 2 fully saturated rings. The SMILES string of the molecule is Cc1c(C(=O)NC2C3CCCC2CC(N)C3)oc2ccccc12. The number of carbonyl (C=O) groups is 1. The van der Waals surface area contributed by atoms with Crippen molar-refractivity contribution in [1.29, 1.82) is 0 Å². The third kappa shape index (κ3) is 2.55. The fourth-order valence-corrected chi connectivity index (χ4v) is 4.63. The molecule has 4 rings (SSSR count). The lowest BCUT2D eigenvalue weighted by Gasteiger charge is -2.45. The van der Waals surface area contributed by atoms with Gasteiger partial charge < -0.3 is 15.5 Å². The number of benzene rings is 1. The number of rotatable bonds is 2. The van der Waals surface area contributed by atoms with Gasteiger partial charge in [-0.1, -0.05) is 24.6 Å². The molecule has 4 nitrogen and oxygen atoms in total. The van der Waals surface area contributed by atoms with Gasteiger partial charge in [-0.05, 0) is 50.5 Å². The van der Waals surface area contributed by atoms with Crippen molar-refractivity contribution < 1.29 is 9.21 Å². The Morgan fingerprint density at radius 3 is 2.61 bits per heavy atom. The van der Waals surface area contributed by atoms with Crippen LogP contribution in [0.25, 0.3) is 11.0 Å². The number of furan rings is 1. The molecule has 3 N–H and O–H groups in total. The third-order valence-corrected chi connectivity index (χ3v) is 5.72. The lowest BCUT2D eigenvalue weighted by Crippen LogP contribution is -2.53. The van der Waals surface area contributed by atoms with E-state index in [0.717, 1.165) is 29.4 Å². The van der Waals surface area contributed by atoms with Crippen LogP contribution in [0.5, 0.6) is 0 Å². The van der Waals surface area contributed by atoms with Gasteiger partial charge in [0.1, 0.15) is 5.58 Å². The topological polar surface area (TPSA) is 68.3 Å². The summed E-state index contributed by atoms with van der Waals surface area (Å²) in [5.74, 6) is 1.42. The molecule has 1 aromatic heterocycles. The number of hydrogen-bond acceptors (Lipinski definition) is 3. The van der Waals surface area contributed by atoms with Crippen LogP contribution in [-0.2, 0) is 0 Å². The molecule has 2 aliphatic carbocycles. The molecule has 0 spiro atoms. The molecule has 2 aliphatic rings. The van der Waals surface area contributed by atoms with Crippen LogP contribution in [0, 0.1) is 18.8 Å². The lowest BCUT2D eigenvalue weighted by molar-refractivity contribution is 0.0733. The highest BCUT2D eigenvalue weighted by Gasteiger charge is 2.40. The molecule has 23 heavy (non-hydrogen) atoms. The zero-order valence-electron chi connectivity index (χ0n) is 13.5. The summed E-state index contributed by atoms with van der Waals surface area (Å²) < 4.78 is 5.81. The molecule has 0 aliphatic heterocycles. The van der Waals surface area contributed by atoms with Crippen molar-refractivity contribution in [3.05, 3.63) is 35.6 Å². The number of aryl methyl sites for hydroxylation is 1. The standard InChI is InChI=1S/C19H24N2O2/c1-11-15-7-2-3-8-16(15)23-18(11)19(22)21-17-12-5-4-6-13(17)10-14(20)9-12/h2-3,7-8,12-14,17H,4-6,9-10,20H2,1H3,(H,21,22). The van der Waals surface area contributed by atoms with Crippen molar-refractivity contribution in [1.82, 2.24) is 5.32 Å². The van der Waals surface area contributed by atoms with E-state index in [1.54, 1.807) is 0 Å². The minimum absolute atomic E-state index is 0.0731. The quantitative estimate of drug-likeness (QED) is 0.893. The van der Waals surface area contributed by atoms with Crippen LogP contribution in [0.4, 0.5) is 0 Å². The van der Waals surface area contributed by atoms with Gasteiger partial charge in [-0.3, -0.25) is 4.79 Å². The zero-order chi connectivity index (χ0) is 16.0. The predicted octanol–water partition coefficient (Wildman–Crippen LogP) is 3.38. The average molecular weight is 312 g/mol. The normalized spacial score (nSPS) is 30.3. The van der Waals surface area contributed by atoms with E-state index in [-0.39, 0.29) is 11.9 Å². The molecule has 2 bridgehead atoms. The van der Waals surface area contributed by atoms with Crippen LogP contribution >= 0.6 is 0 Å². The van der Waals surface area contributed by atoms with E-state index < -0.39 is 0 Å². The molecule has 2 unspecified atom stereocenters. The van der Waals surface area contributed by atoms with Crippen molar-refractivity contribution in [2.24, 2.45) is 17.6 Å². The van der Waals surface area contributed by atoms with Gasteiger partial charge in [0.2, 0.25) is 0 Å². The summed E-state index contributed by atoms with van der Waals surface area (Å²) in [4.78, 5) is 12.8. The van der Waals surface area contributed by atoms with Gasteiger partial charge in [0.15, 0.2) is 5.76 Å². The zero-order valence-corrected chi connectivity index (χ0v) is 13.5. The summed E-state index contributed by atoms with van der Waals surface area (Å²) in [6.07, 6.45) is 5.67. The van der Waals surface area contributed by atoms with E-state index in [1.165, 1.54) is 19.3 Å². The second-order valence-corrected chi connectivity index (χ2v) is 7.23. The highest BCUT2D eigenvalue weighted by Crippen LogP contribution is 2.40. The van der Waals surface area contributed by atoms with Crippen LogP contribution in [0.15, 0.2) is 28.7 Å². The van der Waals surface area contributed by atoms with E-state index in [1.807, 2.05) is 31.2 Å². The van der Waals surface area contributed by atoms with Gasteiger partial charge >= 0.3 is 0 Å². The second kappa shape index (κ2) is 5.68. The predicted molar refractivity (Wildman–Crippen MR) is 90.2 cm³/mol. The second-order valence-electron chi connectivity index (χ2n) is 7.23. The summed E-state index contributed by atoms with van der Waals surface area (Å²) in [5.41, 5.74) is 7.88. The number of nitrogens with two attached hydrogens (primary N) is 1. The van der Waals surface area contributed by atoms with E-state index in [0.29, 0.717) is 23.6 Å². The summed E-state index contributed by atoms with van der Waals surface area (Å²) in [6.45, 7) is 1.96. The lowest BCUT2D eigenvalue weighted by atomic mass is 9.67. The number of hydrogen-bond donors (Lipinski definition) is 2. The molecule has 4 heteroatoms.